The zero-order chi connectivity index (χ0) is 19.4. The number of fused-ring (bicyclic) bond motifs is 3. The quantitative estimate of drug-likeness (QED) is 0.355. The molecule has 0 fully saturated rings. The predicted molar refractivity (Wildman–Crippen MR) is 112 cm³/mol. The smallest absolute Gasteiger partial charge is 0.305 e. The number of carbonyl (C=O) groups excluding carboxylic acids is 1. The molecule has 0 unspecified atom stereocenters. The number of halogens is 1. The third kappa shape index (κ3) is 4.48. The fourth-order valence-corrected chi connectivity index (χ4v) is 4.25. The lowest BCUT2D eigenvalue weighted by Gasteiger charge is -2.17. The standard InChI is InChI=1S/C24H32NO2.BrH/c1-5-27-22(26)14-8-6-7-11-17-25-18(2)24(3,4)23-20-13-10-9-12-19(20)15-16-21(23)25;/h9-10,12-13,15-16H,5-8,11,14,17H2,1-4H3;1H/q+1;/p-1. The molecule has 0 bridgehead atoms. The van der Waals surface area contributed by atoms with E-state index in [1.165, 1.54) is 27.7 Å². The van der Waals surface area contributed by atoms with Crippen LogP contribution in [0.25, 0.3) is 10.8 Å². The van der Waals surface area contributed by atoms with Crippen molar-refractivity contribution in [3.05, 3.63) is 42.0 Å². The van der Waals surface area contributed by atoms with Gasteiger partial charge in [-0.1, -0.05) is 30.7 Å². The van der Waals surface area contributed by atoms with Crippen molar-refractivity contribution in [1.29, 1.82) is 0 Å². The lowest BCUT2D eigenvalue weighted by molar-refractivity contribution is -0.439. The van der Waals surface area contributed by atoms with E-state index in [4.69, 9.17) is 4.74 Å². The van der Waals surface area contributed by atoms with Crippen molar-refractivity contribution < 1.29 is 31.1 Å². The summed E-state index contributed by atoms with van der Waals surface area (Å²) >= 11 is 0. The van der Waals surface area contributed by atoms with Crippen LogP contribution in [0, 0.1) is 0 Å². The van der Waals surface area contributed by atoms with E-state index in [0.717, 1.165) is 32.2 Å². The number of carbonyl (C=O) groups is 1. The molecular weight excluding hydrogens is 414 g/mol. The third-order valence-corrected chi connectivity index (χ3v) is 5.95. The van der Waals surface area contributed by atoms with Crippen molar-refractivity contribution in [2.45, 2.75) is 65.2 Å². The Kier molecular flexibility index (Phi) is 7.82. The molecule has 1 aliphatic heterocycles. The first-order chi connectivity index (χ1) is 13.0. The number of hydrogen-bond acceptors (Lipinski definition) is 2. The summed E-state index contributed by atoms with van der Waals surface area (Å²) in [4.78, 5) is 11.4. The first-order valence-corrected chi connectivity index (χ1v) is 10.3. The normalized spacial score (nSPS) is 14.7. The Labute approximate surface area is 179 Å². The maximum atomic E-state index is 11.4. The highest BCUT2D eigenvalue weighted by Crippen LogP contribution is 2.43. The van der Waals surface area contributed by atoms with Crippen LogP contribution < -0.4 is 17.0 Å². The second kappa shape index (κ2) is 9.69. The molecule has 2 aromatic rings. The van der Waals surface area contributed by atoms with Crippen LogP contribution in [0.5, 0.6) is 0 Å². The van der Waals surface area contributed by atoms with Gasteiger partial charge in [0.2, 0.25) is 5.69 Å². The summed E-state index contributed by atoms with van der Waals surface area (Å²) in [7, 11) is 0. The van der Waals surface area contributed by atoms with E-state index >= 15 is 0 Å². The van der Waals surface area contributed by atoms with Gasteiger partial charge in [-0.15, -0.1) is 0 Å². The Morgan fingerprint density at radius 2 is 1.75 bits per heavy atom. The molecule has 0 saturated carbocycles. The average molecular weight is 446 g/mol. The van der Waals surface area contributed by atoms with Crippen LogP contribution in [0.15, 0.2) is 36.4 Å². The monoisotopic (exact) mass is 445 g/mol. The maximum absolute atomic E-state index is 11.4. The molecule has 0 saturated heterocycles. The summed E-state index contributed by atoms with van der Waals surface area (Å²) in [6.45, 7) is 10.3. The Balaban J connectivity index is 0.00000280. The van der Waals surface area contributed by atoms with Crippen LogP contribution in [0.1, 0.15) is 65.4 Å². The Hall–Kier alpha value is -1.68. The van der Waals surface area contributed by atoms with Crippen LogP contribution in [-0.4, -0.2) is 29.4 Å². The molecule has 4 heteroatoms. The van der Waals surface area contributed by atoms with Gasteiger partial charge < -0.3 is 21.7 Å². The van der Waals surface area contributed by atoms with Crippen molar-refractivity contribution in [3.63, 3.8) is 0 Å². The molecule has 2 aromatic carbocycles. The summed E-state index contributed by atoms with van der Waals surface area (Å²) in [5.41, 5.74) is 4.31. The molecule has 3 nitrogen and oxygen atoms in total. The molecule has 0 N–H and O–H groups in total. The highest BCUT2D eigenvalue weighted by Gasteiger charge is 2.43. The second-order valence-corrected chi connectivity index (χ2v) is 8.01. The number of benzene rings is 2. The van der Waals surface area contributed by atoms with Gasteiger partial charge in [0.1, 0.15) is 6.54 Å². The lowest BCUT2D eigenvalue weighted by Crippen LogP contribution is -3.00. The molecule has 152 valence electrons. The minimum Gasteiger partial charge on any atom is -1.00 e. The summed E-state index contributed by atoms with van der Waals surface area (Å²) in [5.74, 6) is -0.0659. The van der Waals surface area contributed by atoms with Gasteiger partial charge in [-0.25, -0.2) is 0 Å². The highest BCUT2D eigenvalue weighted by atomic mass is 79.9. The van der Waals surface area contributed by atoms with Crippen molar-refractivity contribution in [1.82, 2.24) is 0 Å². The van der Waals surface area contributed by atoms with E-state index in [1.807, 2.05) is 6.92 Å². The minimum absolute atomic E-state index is 0. The van der Waals surface area contributed by atoms with Gasteiger partial charge in [0.25, 0.3) is 0 Å². The molecule has 0 spiro atoms. The van der Waals surface area contributed by atoms with Gasteiger partial charge in [0.15, 0.2) is 5.71 Å². The SMILES string of the molecule is CCOC(=O)CCCCCC[N+]1=C(C)C(C)(C)c2c1ccc1ccccc21.[Br-]. The van der Waals surface area contributed by atoms with E-state index in [2.05, 4.69) is 61.7 Å². The third-order valence-electron chi connectivity index (χ3n) is 5.95. The number of ether oxygens (including phenoxy) is 1. The fourth-order valence-electron chi connectivity index (χ4n) is 4.25. The van der Waals surface area contributed by atoms with E-state index in [0.29, 0.717) is 13.0 Å². The van der Waals surface area contributed by atoms with Crippen LogP contribution in [0.3, 0.4) is 0 Å². The zero-order valence-corrected chi connectivity index (χ0v) is 19.1. The topological polar surface area (TPSA) is 29.3 Å². The molecule has 0 aromatic heterocycles. The second-order valence-electron chi connectivity index (χ2n) is 8.01. The van der Waals surface area contributed by atoms with Crippen molar-refractivity contribution >= 4 is 28.1 Å². The molecule has 0 radical (unpaired) electrons. The number of rotatable bonds is 8. The number of esters is 1. The molecule has 3 rings (SSSR count). The van der Waals surface area contributed by atoms with E-state index in [1.54, 1.807) is 0 Å². The first kappa shape index (κ1) is 22.6. The highest BCUT2D eigenvalue weighted by molar-refractivity contribution is 6.01. The maximum Gasteiger partial charge on any atom is 0.305 e. The Morgan fingerprint density at radius 1 is 1.04 bits per heavy atom. The largest absolute Gasteiger partial charge is 1.00 e. The molecule has 1 aliphatic rings. The number of unbranched alkanes of at least 4 members (excludes halogenated alkanes) is 3. The summed E-state index contributed by atoms with van der Waals surface area (Å²) in [5, 5.41) is 2.69. The van der Waals surface area contributed by atoms with Gasteiger partial charge >= 0.3 is 5.97 Å². The Morgan fingerprint density at radius 3 is 2.50 bits per heavy atom. The molecule has 28 heavy (non-hydrogen) atoms. The summed E-state index contributed by atoms with van der Waals surface area (Å²) in [6.07, 6.45) is 4.84. The van der Waals surface area contributed by atoms with Crippen molar-refractivity contribution in [3.8, 4) is 0 Å². The minimum atomic E-state index is -0.0659. The van der Waals surface area contributed by atoms with Gasteiger partial charge in [-0.3, -0.25) is 4.79 Å². The lowest BCUT2D eigenvalue weighted by atomic mass is 9.80. The van der Waals surface area contributed by atoms with Crippen molar-refractivity contribution in [2.75, 3.05) is 13.2 Å². The zero-order valence-electron chi connectivity index (χ0n) is 17.6. The van der Waals surface area contributed by atoms with Crippen LogP contribution in [0.2, 0.25) is 0 Å². The first-order valence-electron chi connectivity index (χ1n) is 10.3. The molecule has 0 amide bonds. The summed E-state index contributed by atoms with van der Waals surface area (Å²) < 4.78 is 7.50. The summed E-state index contributed by atoms with van der Waals surface area (Å²) in [6, 6.07) is 13.2. The van der Waals surface area contributed by atoms with Gasteiger partial charge in [0.05, 0.1) is 12.0 Å². The molecule has 0 aliphatic carbocycles. The molecule has 0 atom stereocenters. The van der Waals surface area contributed by atoms with Gasteiger partial charge in [-0.05, 0) is 50.5 Å². The van der Waals surface area contributed by atoms with Gasteiger partial charge in [-0.2, -0.15) is 4.58 Å². The number of hydrogen-bond donors (Lipinski definition) is 0. The van der Waals surface area contributed by atoms with E-state index in [-0.39, 0.29) is 28.4 Å². The Bertz CT molecular complexity index is 870. The van der Waals surface area contributed by atoms with E-state index in [9.17, 15) is 4.79 Å². The van der Waals surface area contributed by atoms with Crippen molar-refractivity contribution in [2.24, 2.45) is 0 Å². The van der Waals surface area contributed by atoms with Gasteiger partial charge in [0, 0.05) is 31.4 Å². The van der Waals surface area contributed by atoms with E-state index < -0.39 is 0 Å². The number of nitrogens with zero attached hydrogens (tertiary/aromatic N) is 1. The molecule has 1 heterocycles. The average Bonchev–Trinajstić information content (AvgIpc) is 2.85. The van der Waals surface area contributed by atoms with Crippen LogP contribution in [0.4, 0.5) is 5.69 Å². The van der Waals surface area contributed by atoms with Crippen LogP contribution >= 0.6 is 0 Å². The fraction of sp³-hybridized carbons (Fsp3) is 0.500. The molecular formula is C24H32BrNO2. The van der Waals surface area contributed by atoms with Crippen LogP contribution in [-0.2, 0) is 14.9 Å². The predicted octanol–water partition coefficient (Wildman–Crippen LogP) is 2.75.